The molecule has 4 aromatic rings. The Bertz CT molecular complexity index is 1470. The SMILES string of the molecule is CCCc1nc2c(n1Cc1ccc(-c3ccccc3-c3nn[nH]n3)cc1)C(=CC(=O)OCC)CC(C(C)C)CC2. The third-order valence-electron chi connectivity index (χ3n) is 7.77. The second-order valence-electron chi connectivity index (χ2n) is 10.8. The average Bonchev–Trinajstić information content (AvgIpc) is 3.56. The van der Waals surface area contributed by atoms with E-state index in [1.54, 1.807) is 6.08 Å². The summed E-state index contributed by atoms with van der Waals surface area (Å²) in [5.41, 5.74) is 7.51. The first kappa shape index (κ1) is 27.5. The zero-order chi connectivity index (χ0) is 28.1. The molecule has 0 spiro atoms. The molecule has 1 unspecified atom stereocenters. The molecular weight excluding hydrogens is 500 g/mol. The molecule has 0 aliphatic heterocycles. The van der Waals surface area contributed by atoms with Crippen LogP contribution in [0.5, 0.6) is 0 Å². The third kappa shape index (κ3) is 5.91. The number of aromatic amines is 1. The Morgan fingerprint density at radius 3 is 2.58 bits per heavy atom. The summed E-state index contributed by atoms with van der Waals surface area (Å²) in [6, 6.07) is 16.7. The van der Waals surface area contributed by atoms with Crippen molar-refractivity contribution in [3.05, 3.63) is 77.4 Å². The van der Waals surface area contributed by atoms with E-state index < -0.39 is 0 Å². The molecule has 1 atom stereocenters. The van der Waals surface area contributed by atoms with Crippen molar-refractivity contribution < 1.29 is 9.53 Å². The molecule has 8 heteroatoms. The van der Waals surface area contributed by atoms with Crippen LogP contribution in [0.15, 0.2) is 54.6 Å². The minimum atomic E-state index is -0.276. The molecule has 2 aromatic carbocycles. The Morgan fingerprint density at radius 1 is 1.12 bits per heavy atom. The van der Waals surface area contributed by atoms with E-state index in [9.17, 15) is 4.79 Å². The van der Waals surface area contributed by atoms with E-state index in [1.807, 2.05) is 25.1 Å². The van der Waals surface area contributed by atoms with E-state index in [-0.39, 0.29) is 5.97 Å². The predicted octanol–water partition coefficient (Wildman–Crippen LogP) is 6.29. The maximum atomic E-state index is 12.7. The first-order valence-electron chi connectivity index (χ1n) is 14.4. The lowest BCUT2D eigenvalue weighted by Gasteiger charge is -2.20. The van der Waals surface area contributed by atoms with Gasteiger partial charge >= 0.3 is 5.97 Å². The van der Waals surface area contributed by atoms with Crippen LogP contribution in [0.2, 0.25) is 0 Å². The third-order valence-corrected chi connectivity index (χ3v) is 7.77. The van der Waals surface area contributed by atoms with Gasteiger partial charge in [-0.05, 0) is 71.9 Å². The lowest BCUT2D eigenvalue weighted by Crippen LogP contribution is -2.13. The molecule has 0 fully saturated rings. The fourth-order valence-corrected chi connectivity index (χ4v) is 5.68. The van der Waals surface area contributed by atoms with Crippen LogP contribution in [-0.2, 0) is 28.9 Å². The molecule has 2 aromatic heterocycles. The van der Waals surface area contributed by atoms with Gasteiger partial charge in [-0.25, -0.2) is 9.78 Å². The van der Waals surface area contributed by atoms with Crippen molar-refractivity contribution in [2.45, 2.75) is 66.3 Å². The summed E-state index contributed by atoms with van der Waals surface area (Å²) in [5, 5.41) is 14.6. The van der Waals surface area contributed by atoms with Crippen molar-refractivity contribution in [1.29, 1.82) is 0 Å². The molecule has 0 saturated heterocycles. The zero-order valence-electron chi connectivity index (χ0n) is 23.9. The highest BCUT2D eigenvalue weighted by molar-refractivity contribution is 5.91. The normalized spacial score (nSPS) is 16.2. The van der Waals surface area contributed by atoms with Crippen molar-refractivity contribution in [1.82, 2.24) is 30.2 Å². The number of nitrogens with one attached hydrogen (secondary N) is 1. The van der Waals surface area contributed by atoms with Gasteiger partial charge in [-0.1, -0.05) is 69.3 Å². The van der Waals surface area contributed by atoms with E-state index in [4.69, 9.17) is 9.72 Å². The smallest absolute Gasteiger partial charge is 0.331 e. The van der Waals surface area contributed by atoms with Crippen molar-refractivity contribution in [3.63, 3.8) is 0 Å². The van der Waals surface area contributed by atoms with Crippen LogP contribution in [0, 0.1) is 11.8 Å². The Hall–Kier alpha value is -4.07. The number of ether oxygens (including phenoxy) is 1. The molecule has 1 N–H and O–H groups in total. The second kappa shape index (κ2) is 12.4. The largest absolute Gasteiger partial charge is 0.463 e. The van der Waals surface area contributed by atoms with Gasteiger partial charge in [-0.2, -0.15) is 5.21 Å². The summed E-state index contributed by atoms with van der Waals surface area (Å²) in [4.78, 5) is 17.8. The van der Waals surface area contributed by atoms with Crippen LogP contribution in [0.25, 0.3) is 28.1 Å². The molecule has 5 rings (SSSR count). The monoisotopic (exact) mass is 538 g/mol. The van der Waals surface area contributed by atoms with Crippen LogP contribution in [0.4, 0.5) is 0 Å². The van der Waals surface area contributed by atoms with Gasteiger partial charge < -0.3 is 9.30 Å². The zero-order valence-corrected chi connectivity index (χ0v) is 23.9. The maximum absolute atomic E-state index is 12.7. The molecule has 0 radical (unpaired) electrons. The van der Waals surface area contributed by atoms with Gasteiger partial charge in [-0.3, -0.25) is 0 Å². The molecule has 8 nitrogen and oxygen atoms in total. The fraction of sp³-hybridized carbons (Fsp3) is 0.406. The number of carbonyl (C=O) groups excluding carboxylic acids is 1. The highest BCUT2D eigenvalue weighted by Gasteiger charge is 2.28. The standard InChI is InChI=1S/C32H38N6O2/c1-5-9-29-33-28-17-16-24(21(3)4)18-25(19-30(39)40-6-2)31(28)38(29)20-22-12-14-23(15-13-22)26-10-7-8-11-27(26)32-34-36-37-35-32/h7-8,10-15,19,21,24H,5-6,9,16-18,20H2,1-4H3,(H,34,35,36,37). The molecule has 40 heavy (non-hydrogen) atoms. The number of allylic oxidation sites excluding steroid dienone is 1. The number of H-pyrrole nitrogens is 1. The van der Waals surface area contributed by atoms with Crippen molar-refractivity contribution >= 4 is 11.5 Å². The predicted molar refractivity (Wildman–Crippen MR) is 156 cm³/mol. The fourth-order valence-electron chi connectivity index (χ4n) is 5.68. The van der Waals surface area contributed by atoms with Crippen LogP contribution in [0.3, 0.4) is 0 Å². The lowest BCUT2D eigenvalue weighted by atomic mass is 9.87. The Morgan fingerprint density at radius 2 is 1.90 bits per heavy atom. The second-order valence-corrected chi connectivity index (χ2v) is 10.8. The minimum Gasteiger partial charge on any atom is -0.463 e. The first-order valence-corrected chi connectivity index (χ1v) is 14.4. The highest BCUT2D eigenvalue weighted by atomic mass is 16.5. The number of benzene rings is 2. The summed E-state index contributed by atoms with van der Waals surface area (Å²) >= 11 is 0. The summed E-state index contributed by atoms with van der Waals surface area (Å²) in [6.07, 6.45) is 6.47. The maximum Gasteiger partial charge on any atom is 0.331 e. The van der Waals surface area contributed by atoms with Crippen LogP contribution >= 0.6 is 0 Å². The topological polar surface area (TPSA) is 98.6 Å². The van der Waals surface area contributed by atoms with E-state index >= 15 is 0 Å². The molecule has 0 saturated carbocycles. The average molecular weight is 539 g/mol. The number of aromatic nitrogens is 6. The molecule has 1 aliphatic rings. The summed E-state index contributed by atoms with van der Waals surface area (Å²) in [5.74, 6) is 2.40. The van der Waals surface area contributed by atoms with E-state index in [1.165, 1.54) is 5.56 Å². The number of tetrazole rings is 1. The summed E-state index contributed by atoms with van der Waals surface area (Å²) < 4.78 is 7.68. The van der Waals surface area contributed by atoms with E-state index in [2.05, 4.69) is 76.3 Å². The van der Waals surface area contributed by atoms with Gasteiger partial charge in [0.05, 0.1) is 18.0 Å². The van der Waals surface area contributed by atoms with Gasteiger partial charge in [0.25, 0.3) is 0 Å². The quantitative estimate of drug-likeness (QED) is 0.153. The summed E-state index contributed by atoms with van der Waals surface area (Å²) in [6.45, 7) is 9.63. The number of rotatable bonds is 9. The number of esters is 1. The number of aryl methyl sites for hydroxylation is 2. The van der Waals surface area contributed by atoms with E-state index in [0.29, 0.717) is 30.8 Å². The van der Waals surface area contributed by atoms with E-state index in [0.717, 1.165) is 71.6 Å². The molecule has 1 aliphatic carbocycles. The van der Waals surface area contributed by atoms with Gasteiger partial charge in [-0.15, -0.1) is 10.2 Å². The number of hydrogen-bond donors (Lipinski definition) is 1. The molecule has 208 valence electrons. The number of fused-ring (bicyclic) bond motifs is 1. The number of nitrogens with zero attached hydrogens (tertiary/aromatic N) is 5. The van der Waals surface area contributed by atoms with Crippen molar-refractivity contribution in [2.75, 3.05) is 6.61 Å². The van der Waals surface area contributed by atoms with Crippen LogP contribution < -0.4 is 0 Å². The molecule has 0 bridgehead atoms. The van der Waals surface area contributed by atoms with Gasteiger partial charge in [0.15, 0.2) is 0 Å². The molecule has 0 amide bonds. The number of hydrogen-bond acceptors (Lipinski definition) is 6. The number of carbonyl (C=O) groups is 1. The van der Waals surface area contributed by atoms with Gasteiger partial charge in [0, 0.05) is 24.6 Å². The summed E-state index contributed by atoms with van der Waals surface area (Å²) in [7, 11) is 0. The number of imidazole rings is 1. The van der Waals surface area contributed by atoms with Crippen molar-refractivity contribution in [2.24, 2.45) is 11.8 Å². The van der Waals surface area contributed by atoms with Gasteiger partial charge in [0.1, 0.15) is 5.82 Å². The van der Waals surface area contributed by atoms with Crippen LogP contribution in [0.1, 0.15) is 69.7 Å². The molecular formula is C32H38N6O2. The lowest BCUT2D eigenvalue weighted by molar-refractivity contribution is -0.137. The Kier molecular flexibility index (Phi) is 8.53. The highest BCUT2D eigenvalue weighted by Crippen LogP contribution is 2.37. The first-order chi connectivity index (χ1) is 19.5. The Labute approximate surface area is 235 Å². The minimum absolute atomic E-state index is 0.276. The van der Waals surface area contributed by atoms with Gasteiger partial charge in [0.2, 0.25) is 5.82 Å². The Balaban J connectivity index is 1.51. The van der Waals surface area contributed by atoms with Crippen LogP contribution in [-0.4, -0.2) is 42.8 Å². The van der Waals surface area contributed by atoms with Crippen molar-refractivity contribution in [3.8, 4) is 22.5 Å². The molecule has 2 heterocycles.